The van der Waals surface area contributed by atoms with Crippen molar-refractivity contribution in [2.45, 2.75) is 58.1 Å². The number of methoxy groups -OCH3 is 1. The molecule has 0 spiro atoms. The van der Waals surface area contributed by atoms with E-state index in [0.717, 1.165) is 6.42 Å². The summed E-state index contributed by atoms with van der Waals surface area (Å²) in [4.78, 5) is 28.6. The van der Waals surface area contributed by atoms with E-state index in [9.17, 15) is 9.59 Å². The molecule has 1 atom stereocenters. The number of alkyl carbamates (subject to hydrolysis) is 1. The van der Waals surface area contributed by atoms with E-state index < -0.39 is 17.7 Å². The maximum atomic E-state index is 12.6. The second-order valence-electron chi connectivity index (χ2n) is 7.30. The standard InChI is InChI=1S/C18H27N3O4/c1-18(2,3)25-17(23)21-14(9-7-12-5-6-12)16(22)20-13-8-10-15(24-4)19-11-13/h8,10-12,14H,5-7,9H2,1-4H3,(H,20,22)(H,21,23)/t14-/m0/s1. The van der Waals surface area contributed by atoms with Crippen molar-refractivity contribution in [1.82, 2.24) is 10.3 Å². The third kappa shape index (κ3) is 6.99. The first kappa shape index (κ1) is 19.0. The van der Waals surface area contributed by atoms with Gasteiger partial charge >= 0.3 is 6.09 Å². The van der Waals surface area contributed by atoms with Gasteiger partial charge < -0.3 is 20.1 Å². The predicted octanol–water partition coefficient (Wildman–Crippen LogP) is 3.11. The lowest BCUT2D eigenvalue weighted by atomic mass is 10.1. The van der Waals surface area contributed by atoms with Gasteiger partial charge in [-0.05, 0) is 45.6 Å². The zero-order valence-electron chi connectivity index (χ0n) is 15.3. The number of carbonyl (C=O) groups excluding carboxylic acids is 2. The fraction of sp³-hybridized carbons (Fsp3) is 0.611. The Balaban J connectivity index is 1.96. The molecule has 0 unspecified atom stereocenters. The number of nitrogens with zero attached hydrogens (tertiary/aromatic N) is 1. The van der Waals surface area contributed by atoms with Crippen LogP contribution in [0.2, 0.25) is 0 Å². The van der Waals surface area contributed by atoms with Gasteiger partial charge in [0.2, 0.25) is 11.8 Å². The van der Waals surface area contributed by atoms with Crippen LogP contribution in [0.3, 0.4) is 0 Å². The van der Waals surface area contributed by atoms with E-state index >= 15 is 0 Å². The molecule has 7 heteroatoms. The Hall–Kier alpha value is -2.31. The SMILES string of the molecule is COc1ccc(NC(=O)[C@H](CCC2CC2)NC(=O)OC(C)(C)C)cn1. The number of aromatic nitrogens is 1. The largest absolute Gasteiger partial charge is 0.481 e. The first-order valence-electron chi connectivity index (χ1n) is 8.57. The number of amides is 2. The van der Waals surface area contributed by atoms with Crippen LogP contribution >= 0.6 is 0 Å². The fourth-order valence-electron chi connectivity index (χ4n) is 2.33. The summed E-state index contributed by atoms with van der Waals surface area (Å²) < 4.78 is 10.3. The maximum Gasteiger partial charge on any atom is 0.408 e. The van der Waals surface area contributed by atoms with Gasteiger partial charge in [-0.25, -0.2) is 9.78 Å². The van der Waals surface area contributed by atoms with Crippen molar-refractivity contribution in [3.63, 3.8) is 0 Å². The minimum Gasteiger partial charge on any atom is -0.481 e. The minimum atomic E-state index is -0.641. The van der Waals surface area contributed by atoms with Gasteiger partial charge in [-0.15, -0.1) is 0 Å². The summed E-state index contributed by atoms with van der Waals surface area (Å²) in [6.45, 7) is 5.36. The molecule has 0 aliphatic heterocycles. The smallest absolute Gasteiger partial charge is 0.408 e. The Bertz CT molecular complexity index is 591. The Labute approximate surface area is 148 Å². The molecule has 0 radical (unpaired) electrons. The summed E-state index contributed by atoms with van der Waals surface area (Å²) in [6.07, 6.45) is 4.82. The predicted molar refractivity (Wildman–Crippen MR) is 94.5 cm³/mol. The zero-order chi connectivity index (χ0) is 18.4. The second kappa shape index (κ2) is 8.18. The molecule has 1 aromatic heterocycles. The minimum absolute atomic E-state index is 0.279. The van der Waals surface area contributed by atoms with Crippen LogP contribution in [0.25, 0.3) is 0 Å². The monoisotopic (exact) mass is 349 g/mol. The molecule has 0 bridgehead atoms. The van der Waals surface area contributed by atoms with Gasteiger partial charge in [-0.2, -0.15) is 0 Å². The molecule has 1 aliphatic rings. The molecule has 2 amide bonds. The molecule has 0 saturated heterocycles. The number of pyridine rings is 1. The maximum absolute atomic E-state index is 12.6. The van der Waals surface area contributed by atoms with E-state index in [1.165, 1.54) is 26.1 Å². The summed E-state index contributed by atoms with van der Waals surface area (Å²) in [5, 5.41) is 5.46. The van der Waals surface area contributed by atoms with Gasteiger partial charge in [0.1, 0.15) is 11.6 Å². The van der Waals surface area contributed by atoms with Crippen molar-refractivity contribution in [2.75, 3.05) is 12.4 Å². The van der Waals surface area contributed by atoms with Gasteiger partial charge in [-0.3, -0.25) is 4.79 Å². The van der Waals surface area contributed by atoms with Gasteiger partial charge in [0, 0.05) is 6.07 Å². The van der Waals surface area contributed by atoms with Crippen LogP contribution in [0, 0.1) is 5.92 Å². The van der Waals surface area contributed by atoms with Gasteiger partial charge in [0.05, 0.1) is 19.0 Å². The average molecular weight is 349 g/mol. The van der Waals surface area contributed by atoms with Gasteiger partial charge in [0.15, 0.2) is 0 Å². The summed E-state index contributed by atoms with van der Waals surface area (Å²) in [5.41, 5.74) is -0.0603. The van der Waals surface area contributed by atoms with Gasteiger partial charge in [0.25, 0.3) is 0 Å². The molecule has 138 valence electrons. The van der Waals surface area contributed by atoms with Crippen LogP contribution in [-0.2, 0) is 9.53 Å². The Morgan fingerprint density at radius 2 is 2.04 bits per heavy atom. The lowest BCUT2D eigenvalue weighted by Gasteiger charge is -2.23. The highest BCUT2D eigenvalue weighted by molar-refractivity contribution is 5.96. The van der Waals surface area contributed by atoms with Crippen molar-refractivity contribution >= 4 is 17.7 Å². The quantitative estimate of drug-likeness (QED) is 0.789. The van der Waals surface area contributed by atoms with E-state index in [4.69, 9.17) is 9.47 Å². The summed E-state index contributed by atoms with van der Waals surface area (Å²) in [6, 6.07) is 2.73. The molecule has 1 fully saturated rings. The van der Waals surface area contributed by atoms with Crippen molar-refractivity contribution in [3.8, 4) is 5.88 Å². The zero-order valence-corrected chi connectivity index (χ0v) is 15.3. The molecule has 0 aromatic carbocycles. The van der Waals surface area contributed by atoms with E-state index in [-0.39, 0.29) is 5.91 Å². The third-order valence-electron chi connectivity index (χ3n) is 3.78. The number of ether oxygens (including phenoxy) is 2. The Kier molecular flexibility index (Phi) is 6.22. The average Bonchev–Trinajstić information content (AvgIpc) is 3.34. The van der Waals surface area contributed by atoms with Crippen LogP contribution < -0.4 is 15.4 Å². The highest BCUT2D eigenvalue weighted by Crippen LogP contribution is 2.34. The summed E-state index contributed by atoms with van der Waals surface area (Å²) >= 11 is 0. The van der Waals surface area contributed by atoms with Crippen molar-refractivity contribution in [3.05, 3.63) is 18.3 Å². The van der Waals surface area contributed by atoms with Crippen molar-refractivity contribution in [1.29, 1.82) is 0 Å². The molecule has 2 N–H and O–H groups in total. The van der Waals surface area contributed by atoms with Crippen LogP contribution in [0.15, 0.2) is 18.3 Å². The molecule has 1 saturated carbocycles. The highest BCUT2D eigenvalue weighted by Gasteiger charge is 2.28. The molecule has 2 rings (SSSR count). The second-order valence-corrected chi connectivity index (χ2v) is 7.30. The number of hydrogen-bond acceptors (Lipinski definition) is 5. The molecule has 25 heavy (non-hydrogen) atoms. The van der Waals surface area contributed by atoms with Crippen LogP contribution in [0.1, 0.15) is 46.5 Å². The van der Waals surface area contributed by atoms with E-state index in [2.05, 4.69) is 15.6 Å². The van der Waals surface area contributed by atoms with E-state index in [1.54, 1.807) is 32.9 Å². The summed E-state index contributed by atoms with van der Waals surface area (Å²) in [7, 11) is 1.53. The lowest BCUT2D eigenvalue weighted by molar-refractivity contribution is -0.118. The normalized spacial score (nSPS) is 15.2. The van der Waals surface area contributed by atoms with Crippen LogP contribution in [0.4, 0.5) is 10.5 Å². The topological polar surface area (TPSA) is 89.6 Å². The Morgan fingerprint density at radius 1 is 1.32 bits per heavy atom. The Morgan fingerprint density at radius 3 is 2.56 bits per heavy atom. The molecule has 7 nitrogen and oxygen atoms in total. The highest BCUT2D eigenvalue weighted by atomic mass is 16.6. The number of nitrogens with one attached hydrogen (secondary N) is 2. The van der Waals surface area contributed by atoms with Gasteiger partial charge in [-0.1, -0.05) is 12.8 Å². The number of hydrogen-bond donors (Lipinski definition) is 2. The molecule has 1 aromatic rings. The number of anilines is 1. The first-order chi connectivity index (χ1) is 11.8. The number of rotatable bonds is 7. The van der Waals surface area contributed by atoms with Crippen molar-refractivity contribution in [2.24, 2.45) is 5.92 Å². The van der Waals surface area contributed by atoms with Crippen molar-refractivity contribution < 1.29 is 19.1 Å². The molecular formula is C18H27N3O4. The fourth-order valence-corrected chi connectivity index (χ4v) is 2.33. The van der Waals surface area contributed by atoms with E-state index in [0.29, 0.717) is 23.9 Å². The summed E-state index contributed by atoms with van der Waals surface area (Å²) in [5.74, 6) is 0.854. The third-order valence-corrected chi connectivity index (χ3v) is 3.78. The first-order valence-corrected chi connectivity index (χ1v) is 8.57. The van der Waals surface area contributed by atoms with E-state index in [1.807, 2.05) is 0 Å². The molecular weight excluding hydrogens is 322 g/mol. The lowest BCUT2D eigenvalue weighted by Crippen LogP contribution is -2.45. The number of carbonyl (C=O) groups is 2. The molecule has 1 heterocycles. The van der Waals surface area contributed by atoms with Crippen LogP contribution in [-0.4, -0.2) is 35.7 Å². The molecule has 1 aliphatic carbocycles. The van der Waals surface area contributed by atoms with Crippen LogP contribution in [0.5, 0.6) is 5.88 Å².